The minimum absolute atomic E-state index is 0.0364. The number of likely N-dealkylation sites (N-methyl/N-ethyl adjacent to an activating group) is 1. The van der Waals surface area contributed by atoms with Gasteiger partial charge >= 0.3 is 0 Å². The monoisotopic (exact) mass is 352 g/mol. The Morgan fingerprint density at radius 2 is 1.76 bits per heavy atom. The van der Waals surface area contributed by atoms with Crippen LogP contribution >= 0.6 is 0 Å². The van der Waals surface area contributed by atoms with Gasteiger partial charge in [0.25, 0.3) is 0 Å². The number of carbonyl (C=O) groups is 3. The van der Waals surface area contributed by atoms with Crippen molar-refractivity contribution >= 4 is 17.7 Å². The van der Waals surface area contributed by atoms with Crippen LogP contribution in [0.15, 0.2) is 0 Å². The number of piperidine rings is 1. The van der Waals surface area contributed by atoms with Crippen LogP contribution in [0, 0.1) is 0 Å². The molecule has 7 nitrogen and oxygen atoms in total. The highest BCUT2D eigenvalue weighted by atomic mass is 16.2. The maximum Gasteiger partial charge on any atom is 0.245 e. The Labute approximate surface area is 150 Å². The normalized spacial score (nSPS) is 22.4. The number of hydrogen-bond donors (Lipinski definition) is 1. The lowest BCUT2D eigenvalue weighted by Gasteiger charge is -2.37. The third-order valence-corrected chi connectivity index (χ3v) is 5.05. The third-order valence-electron chi connectivity index (χ3n) is 5.05. The number of amides is 3. The molecule has 0 bridgehead atoms. The van der Waals surface area contributed by atoms with Crippen molar-refractivity contribution in [3.05, 3.63) is 0 Å². The van der Waals surface area contributed by atoms with Crippen molar-refractivity contribution in [2.75, 3.05) is 45.8 Å². The van der Waals surface area contributed by atoms with Gasteiger partial charge in [-0.15, -0.1) is 0 Å². The van der Waals surface area contributed by atoms with E-state index >= 15 is 0 Å². The predicted molar refractivity (Wildman–Crippen MR) is 96.0 cm³/mol. The van der Waals surface area contributed by atoms with Crippen molar-refractivity contribution in [2.45, 2.75) is 52.0 Å². The number of rotatable bonds is 5. The van der Waals surface area contributed by atoms with Crippen LogP contribution in [-0.2, 0) is 14.4 Å². The quantitative estimate of drug-likeness (QED) is 0.780. The van der Waals surface area contributed by atoms with Crippen molar-refractivity contribution in [3.63, 3.8) is 0 Å². The first-order chi connectivity index (χ1) is 12.1. The Kier molecular flexibility index (Phi) is 7.68. The summed E-state index contributed by atoms with van der Waals surface area (Å²) >= 11 is 0. The molecule has 1 atom stereocenters. The summed E-state index contributed by atoms with van der Waals surface area (Å²) in [6, 6.07) is -0.295. The fraction of sp³-hybridized carbons (Fsp3) is 0.833. The molecule has 0 aromatic heterocycles. The van der Waals surface area contributed by atoms with Gasteiger partial charge < -0.3 is 15.1 Å². The molecule has 0 aromatic carbocycles. The molecule has 2 rings (SSSR count). The van der Waals surface area contributed by atoms with Crippen LogP contribution in [0.4, 0.5) is 0 Å². The van der Waals surface area contributed by atoms with Gasteiger partial charge in [0, 0.05) is 45.7 Å². The van der Waals surface area contributed by atoms with Gasteiger partial charge in [0.15, 0.2) is 0 Å². The van der Waals surface area contributed by atoms with Crippen LogP contribution in [0.2, 0.25) is 0 Å². The van der Waals surface area contributed by atoms with Gasteiger partial charge in [0.05, 0.1) is 6.54 Å². The lowest BCUT2D eigenvalue weighted by Crippen LogP contribution is -2.53. The van der Waals surface area contributed by atoms with Crippen LogP contribution in [0.3, 0.4) is 0 Å². The summed E-state index contributed by atoms with van der Waals surface area (Å²) in [5.41, 5.74) is 0. The van der Waals surface area contributed by atoms with Crippen LogP contribution in [0.25, 0.3) is 0 Å². The SMILES string of the molecule is CCNC(=O)CN1CCCN(C(=O)C2CCCCN2C(=O)CC)CC1. The number of carbonyl (C=O) groups excluding carboxylic acids is 3. The van der Waals surface area contributed by atoms with Crippen LogP contribution in [-0.4, -0.2) is 84.3 Å². The molecule has 0 spiro atoms. The van der Waals surface area contributed by atoms with E-state index in [0.717, 1.165) is 32.2 Å². The molecule has 1 N–H and O–H groups in total. The van der Waals surface area contributed by atoms with E-state index in [1.54, 1.807) is 4.90 Å². The largest absolute Gasteiger partial charge is 0.355 e. The molecule has 0 aliphatic carbocycles. The molecular formula is C18H32N4O3. The predicted octanol–water partition coefficient (Wildman–Crippen LogP) is 0.448. The second kappa shape index (κ2) is 9.75. The molecule has 142 valence electrons. The maximum absolute atomic E-state index is 13.0. The van der Waals surface area contributed by atoms with Crippen molar-refractivity contribution in [3.8, 4) is 0 Å². The number of nitrogens with one attached hydrogen (secondary N) is 1. The third kappa shape index (κ3) is 5.42. The minimum atomic E-state index is -0.295. The van der Waals surface area contributed by atoms with Gasteiger partial charge in [-0.3, -0.25) is 19.3 Å². The molecule has 2 saturated heterocycles. The molecule has 7 heteroatoms. The van der Waals surface area contributed by atoms with Crippen molar-refractivity contribution in [1.29, 1.82) is 0 Å². The van der Waals surface area contributed by atoms with E-state index < -0.39 is 0 Å². The first-order valence-electron chi connectivity index (χ1n) is 9.64. The van der Waals surface area contributed by atoms with E-state index in [1.165, 1.54) is 0 Å². The lowest BCUT2D eigenvalue weighted by atomic mass is 10.00. The van der Waals surface area contributed by atoms with Crippen LogP contribution in [0.5, 0.6) is 0 Å². The van der Waals surface area contributed by atoms with E-state index in [-0.39, 0.29) is 23.8 Å². The van der Waals surface area contributed by atoms with E-state index in [4.69, 9.17) is 0 Å². The van der Waals surface area contributed by atoms with Crippen molar-refractivity contribution in [2.24, 2.45) is 0 Å². The summed E-state index contributed by atoms with van der Waals surface area (Å²) in [5, 5.41) is 2.82. The summed E-state index contributed by atoms with van der Waals surface area (Å²) in [5.74, 6) is 0.196. The summed E-state index contributed by atoms with van der Waals surface area (Å²) in [7, 11) is 0. The van der Waals surface area contributed by atoms with Gasteiger partial charge in [0.1, 0.15) is 6.04 Å². The van der Waals surface area contributed by atoms with Crippen LogP contribution < -0.4 is 5.32 Å². The van der Waals surface area contributed by atoms with Gasteiger partial charge in [-0.25, -0.2) is 0 Å². The first-order valence-corrected chi connectivity index (χ1v) is 9.64. The van der Waals surface area contributed by atoms with E-state index in [9.17, 15) is 14.4 Å². The Morgan fingerprint density at radius 3 is 2.48 bits per heavy atom. The molecule has 3 amide bonds. The molecule has 0 saturated carbocycles. The standard InChI is InChI=1S/C18H32N4O3/c1-3-17(24)22-11-6-5-8-15(22)18(25)21-10-7-9-20(12-13-21)14-16(23)19-4-2/h15H,3-14H2,1-2H3,(H,19,23). The Hall–Kier alpha value is -1.63. The Morgan fingerprint density at radius 1 is 0.960 bits per heavy atom. The second-order valence-corrected chi connectivity index (χ2v) is 6.86. The van der Waals surface area contributed by atoms with Crippen LogP contribution in [0.1, 0.15) is 46.0 Å². The molecule has 0 radical (unpaired) electrons. The number of hydrogen-bond acceptors (Lipinski definition) is 4. The molecule has 2 aliphatic rings. The highest BCUT2D eigenvalue weighted by molar-refractivity contribution is 5.88. The Balaban J connectivity index is 1.93. The molecule has 1 unspecified atom stereocenters. The fourth-order valence-electron chi connectivity index (χ4n) is 3.71. The number of likely N-dealkylation sites (tertiary alicyclic amines) is 1. The zero-order valence-corrected chi connectivity index (χ0v) is 15.6. The highest BCUT2D eigenvalue weighted by Gasteiger charge is 2.34. The second-order valence-electron chi connectivity index (χ2n) is 6.86. The average molecular weight is 352 g/mol. The lowest BCUT2D eigenvalue weighted by molar-refractivity contribution is -0.147. The first kappa shape index (κ1) is 19.7. The van der Waals surface area contributed by atoms with Gasteiger partial charge in [0.2, 0.25) is 17.7 Å². The summed E-state index contributed by atoms with van der Waals surface area (Å²) < 4.78 is 0. The highest BCUT2D eigenvalue weighted by Crippen LogP contribution is 2.20. The molecule has 2 heterocycles. The Bertz CT molecular complexity index is 483. The fourth-order valence-corrected chi connectivity index (χ4v) is 3.71. The topological polar surface area (TPSA) is 73.0 Å². The van der Waals surface area contributed by atoms with E-state index in [0.29, 0.717) is 45.7 Å². The summed E-state index contributed by atoms with van der Waals surface area (Å²) in [6.07, 6.45) is 4.06. The molecule has 25 heavy (non-hydrogen) atoms. The van der Waals surface area contributed by atoms with E-state index in [1.807, 2.05) is 18.7 Å². The van der Waals surface area contributed by atoms with Gasteiger partial charge in [-0.2, -0.15) is 0 Å². The number of nitrogens with zero attached hydrogens (tertiary/aromatic N) is 3. The van der Waals surface area contributed by atoms with Gasteiger partial charge in [-0.05, 0) is 32.6 Å². The average Bonchev–Trinajstić information content (AvgIpc) is 2.86. The molecule has 2 fully saturated rings. The summed E-state index contributed by atoms with van der Waals surface area (Å²) in [6.45, 7) is 8.34. The smallest absolute Gasteiger partial charge is 0.245 e. The zero-order valence-electron chi connectivity index (χ0n) is 15.6. The molecule has 0 aromatic rings. The zero-order chi connectivity index (χ0) is 18.2. The molecular weight excluding hydrogens is 320 g/mol. The van der Waals surface area contributed by atoms with Crippen molar-refractivity contribution < 1.29 is 14.4 Å². The minimum Gasteiger partial charge on any atom is -0.355 e. The van der Waals surface area contributed by atoms with E-state index in [2.05, 4.69) is 10.2 Å². The maximum atomic E-state index is 13.0. The molecule has 2 aliphatic heterocycles. The van der Waals surface area contributed by atoms with Crippen molar-refractivity contribution in [1.82, 2.24) is 20.0 Å². The summed E-state index contributed by atoms with van der Waals surface area (Å²) in [4.78, 5) is 42.7. The van der Waals surface area contributed by atoms with Gasteiger partial charge in [-0.1, -0.05) is 6.92 Å².